The maximum atomic E-state index is 11.4. The van der Waals surface area contributed by atoms with Crippen molar-refractivity contribution in [3.05, 3.63) is 0 Å². The molecule has 1 amide bonds. The molecule has 0 aromatic rings. The van der Waals surface area contributed by atoms with Gasteiger partial charge in [-0.3, -0.25) is 0 Å². The Morgan fingerprint density at radius 3 is 2.78 bits per heavy atom. The second kappa shape index (κ2) is 6.98. The minimum Gasteiger partial charge on any atom is -0.444 e. The van der Waals surface area contributed by atoms with Crippen molar-refractivity contribution in [2.24, 2.45) is 0 Å². The molecular weight excluding hydrogens is 228 g/mol. The fourth-order valence-corrected chi connectivity index (χ4v) is 2.48. The highest BCUT2D eigenvalue weighted by Gasteiger charge is 2.22. The first-order valence-corrected chi connectivity index (χ1v) is 7.13. The normalized spacial score (nSPS) is 21.0. The van der Waals surface area contributed by atoms with Gasteiger partial charge in [0.1, 0.15) is 5.60 Å². The third-order valence-electron chi connectivity index (χ3n) is 3.29. The van der Waals surface area contributed by atoms with Crippen LogP contribution in [-0.4, -0.2) is 42.3 Å². The summed E-state index contributed by atoms with van der Waals surface area (Å²) in [6.45, 7) is 10.9. The number of rotatable bonds is 5. The van der Waals surface area contributed by atoms with Gasteiger partial charge in [0.25, 0.3) is 0 Å². The molecule has 0 aromatic carbocycles. The summed E-state index contributed by atoms with van der Waals surface area (Å²) in [4.78, 5) is 14.0. The van der Waals surface area contributed by atoms with Gasteiger partial charge in [0, 0.05) is 12.6 Å². The molecule has 0 unspecified atom stereocenters. The number of hydrogen-bond donors (Lipinski definition) is 1. The van der Waals surface area contributed by atoms with Crippen molar-refractivity contribution < 1.29 is 9.53 Å². The van der Waals surface area contributed by atoms with Crippen LogP contribution in [0.15, 0.2) is 0 Å². The maximum Gasteiger partial charge on any atom is 0.407 e. The van der Waals surface area contributed by atoms with Crippen LogP contribution in [0.5, 0.6) is 0 Å². The fourth-order valence-electron chi connectivity index (χ4n) is 2.48. The molecule has 0 bridgehead atoms. The summed E-state index contributed by atoms with van der Waals surface area (Å²) in [5.41, 5.74) is -0.408. The Hall–Kier alpha value is -0.770. The highest BCUT2D eigenvalue weighted by atomic mass is 16.6. The summed E-state index contributed by atoms with van der Waals surface area (Å²) < 4.78 is 5.19. The van der Waals surface area contributed by atoms with E-state index in [-0.39, 0.29) is 6.09 Å². The lowest BCUT2D eigenvalue weighted by atomic mass is 10.1. The lowest BCUT2D eigenvalue weighted by Gasteiger charge is -2.23. The number of likely N-dealkylation sites (tertiary alicyclic amines) is 1. The van der Waals surface area contributed by atoms with Crippen LogP contribution in [-0.2, 0) is 4.74 Å². The van der Waals surface area contributed by atoms with Crippen molar-refractivity contribution in [3.63, 3.8) is 0 Å². The van der Waals surface area contributed by atoms with E-state index < -0.39 is 5.60 Å². The first kappa shape index (κ1) is 15.3. The second-order valence-corrected chi connectivity index (χ2v) is 6.00. The standard InChI is InChI=1S/C14H28N2O2/c1-5-16-11-7-9-12(16)8-6-10-15-13(17)18-14(2,3)4/h12H,5-11H2,1-4H3,(H,15,17)/t12-/m0/s1. The Morgan fingerprint density at radius 2 is 2.17 bits per heavy atom. The number of hydrogen-bond acceptors (Lipinski definition) is 3. The largest absolute Gasteiger partial charge is 0.444 e. The van der Waals surface area contributed by atoms with Gasteiger partial charge < -0.3 is 15.0 Å². The highest BCUT2D eigenvalue weighted by Crippen LogP contribution is 2.20. The molecule has 1 aliphatic rings. The Labute approximate surface area is 111 Å². The van der Waals surface area contributed by atoms with Gasteiger partial charge in [-0.15, -0.1) is 0 Å². The predicted octanol–water partition coefficient (Wildman–Crippen LogP) is 2.78. The molecule has 1 fully saturated rings. The zero-order chi connectivity index (χ0) is 13.6. The monoisotopic (exact) mass is 256 g/mol. The van der Waals surface area contributed by atoms with E-state index in [0.29, 0.717) is 6.54 Å². The van der Waals surface area contributed by atoms with Crippen molar-refractivity contribution >= 4 is 6.09 Å². The van der Waals surface area contributed by atoms with Crippen LogP contribution >= 0.6 is 0 Å². The molecule has 4 nitrogen and oxygen atoms in total. The van der Waals surface area contributed by atoms with E-state index in [1.165, 1.54) is 25.8 Å². The Bertz CT molecular complexity index is 261. The molecule has 0 aromatic heterocycles. The lowest BCUT2D eigenvalue weighted by molar-refractivity contribution is 0.0526. The van der Waals surface area contributed by atoms with Crippen molar-refractivity contribution in [1.82, 2.24) is 10.2 Å². The topological polar surface area (TPSA) is 41.6 Å². The summed E-state index contributed by atoms with van der Waals surface area (Å²) in [6.07, 6.45) is 4.52. The van der Waals surface area contributed by atoms with Gasteiger partial charge in [-0.1, -0.05) is 6.92 Å². The van der Waals surface area contributed by atoms with Crippen LogP contribution in [0.3, 0.4) is 0 Å². The molecule has 1 saturated heterocycles. The maximum absolute atomic E-state index is 11.4. The van der Waals surface area contributed by atoms with Gasteiger partial charge in [-0.05, 0) is 59.5 Å². The molecular formula is C14H28N2O2. The number of carbonyl (C=O) groups excluding carboxylic acids is 1. The zero-order valence-corrected chi connectivity index (χ0v) is 12.3. The molecule has 1 rings (SSSR count). The van der Waals surface area contributed by atoms with E-state index in [9.17, 15) is 4.79 Å². The second-order valence-electron chi connectivity index (χ2n) is 6.00. The first-order chi connectivity index (χ1) is 8.42. The molecule has 1 N–H and O–H groups in total. The highest BCUT2D eigenvalue weighted by molar-refractivity contribution is 5.67. The summed E-state index contributed by atoms with van der Waals surface area (Å²) >= 11 is 0. The third-order valence-corrected chi connectivity index (χ3v) is 3.29. The van der Waals surface area contributed by atoms with Gasteiger partial charge in [0.15, 0.2) is 0 Å². The predicted molar refractivity (Wildman–Crippen MR) is 73.7 cm³/mol. The Balaban J connectivity index is 2.10. The summed E-state index contributed by atoms with van der Waals surface area (Å²) in [7, 11) is 0. The molecule has 4 heteroatoms. The first-order valence-electron chi connectivity index (χ1n) is 7.13. The summed E-state index contributed by atoms with van der Waals surface area (Å²) in [5.74, 6) is 0. The molecule has 1 aliphatic heterocycles. The number of nitrogens with zero attached hydrogens (tertiary/aromatic N) is 1. The van der Waals surface area contributed by atoms with E-state index in [4.69, 9.17) is 4.74 Å². The Morgan fingerprint density at radius 1 is 1.44 bits per heavy atom. The van der Waals surface area contributed by atoms with Gasteiger partial charge in [-0.2, -0.15) is 0 Å². The van der Waals surface area contributed by atoms with Crippen LogP contribution in [0.4, 0.5) is 4.79 Å². The fraction of sp³-hybridized carbons (Fsp3) is 0.929. The zero-order valence-electron chi connectivity index (χ0n) is 12.3. The van der Waals surface area contributed by atoms with Crippen LogP contribution < -0.4 is 5.32 Å². The van der Waals surface area contributed by atoms with Crippen LogP contribution in [0.2, 0.25) is 0 Å². The summed E-state index contributed by atoms with van der Waals surface area (Å²) in [6, 6.07) is 0.718. The van der Waals surface area contributed by atoms with Crippen LogP contribution in [0.25, 0.3) is 0 Å². The molecule has 106 valence electrons. The van der Waals surface area contributed by atoms with E-state index in [0.717, 1.165) is 19.0 Å². The van der Waals surface area contributed by atoms with Crippen LogP contribution in [0, 0.1) is 0 Å². The van der Waals surface area contributed by atoms with Gasteiger partial charge in [0.05, 0.1) is 0 Å². The molecule has 1 heterocycles. The number of carbonyl (C=O) groups is 1. The lowest BCUT2D eigenvalue weighted by Crippen LogP contribution is -2.34. The van der Waals surface area contributed by atoms with Crippen molar-refractivity contribution in [1.29, 1.82) is 0 Å². The smallest absolute Gasteiger partial charge is 0.407 e. The van der Waals surface area contributed by atoms with Gasteiger partial charge >= 0.3 is 6.09 Å². The third kappa shape index (κ3) is 5.71. The minimum absolute atomic E-state index is 0.304. The number of alkyl carbamates (subject to hydrolysis) is 1. The summed E-state index contributed by atoms with van der Waals surface area (Å²) in [5, 5.41) is 2.82. The molecule has 18 heavy (non-hydrogen) atoms. The van der Waals surface area contributed by atoms with E-state index in [1.807, 2.05) is 20.8 Å². The van der Waals surface area contributed by atoms with Gasteiger partial charge in [0.2, 0.25) is 0 Å². The molecule has 0 spiro atoms. The van der Waals surface area contributed by atoms with Crippen LogP contribution in [0.1, 0.15) is 53.4 Å². The molecule has 1 atom stereocenters. The van der Waals surface area contributed by atoms with E-state index >= 15 is 0 Å². The number of amides is 1. The van der Waals surface area contributed by atoms with Gasteiger partial charge in [-0.25, -0.2) is 4.79 Å². The van der Waals surface area contributed by atoms with E-state index in [2.05, 4.69) is 17.1 Å². The molecule has 0 saturated carbocycles. The number of nitrogens with one attached hydrogen (secondary N) is 1. The Kier molecular flexibility index (Phi) is 5.93. The molecule has 0 radical (unpaired) electrons. The van der Waals surface area contributed by atoms with Crippen molar-refractivity contribution in [3.8, 4) is 0 Å². The quantitative estimate of drug-likeness (QED) is 0.769. The molecule has 0 aliphatic carbocycles. The average molecular weight is 256 g/mol. The van der Waals surface area contributed by atoms with Crippen molar-refractivity contribution in [2.75, 3.05) is 19.6 Å². The minimum atomic E-state index is -0.408. The average Bonchev–Trinajstić information content (AvgIpc) is 2.69. The van der Waals surface area contributed by atoms with Crippen molar-refractivity contribution in [2.45, 2.75) is 65.0 Å². The number of ether oxygens (including phenoxy) is 1. The SMILES string of the molecule is CCN1CCC[C@@H]1CCCNC(=O)OC(C)(C)C. The van der Waals surface area contributed by atoms with E-state index in [1.54, 1.807) is 0 Å².